The minimum Gasteiger partial charge on any atom is -0.481 e. The lowest BCUT2D eigenvalue weighted by Crippen LogP contribution is -2.05. The average molecular weight is 239 g/mol. The first kappa shape index (κ1) is 15.1. The number of allylic oxidation sites excluding steroid dienone is 5. The monoisotopic (exact) mass is 239 g/mol. The van der Waals surface area contributed by atoms with Crippen LogP contribution in [-0.2, 0) is 4.79 Å². The maximum atomic E-state index is 10.5. The number of nitrogens with zero attached hydrogens (tertiary/aromatic N) is 1. The quantitative estimate of drug-likeness (QED) is 0.401. The highest BCUT2D eigenvalue weighted by Crippen LogP contribution is 2.04. The van der Waals surface area contributed by atoms with Gasteiger partial charge in [0.1, 0.15) is 6.42 Å². The Balaban J connectivity index is 4.13. The van der Waals surface area contributed by atoms with E-state index in [1.807, 2.05) is 25.2 Å². The minimum absolute atomic E-state index is 0.272. The lowest BCUT2D eigenvalue weighted by atomic mass is 10.2. The number of carbonyl (C=O) groups is 1. The number of rotatable bonds is 8. The molecule has 1 N–H and O–H groups in total. The van der Waals surface area contributed by atoms with E-state index in [0.717, 1.165) is 12.8 Å². The summed E-state index contributed by atoms with van der Waals surface area (Å²) in [4.78, 5) is 20.2. The molecule has 0 aromatic rings. The van der Waals surface area contributed by atoms with Crippen LogP contribution in [0.1, 0.15) is 32.6 Å². The molecule has 0 bridgehead atoms. The number of nitro groups is 1. The summed E-state index contributed by atoms with van der Waals surface area (Å²) in [6.07, 6.45) is 10.6. The zero-order valence-corrected chi connectivity index (χ0v) is 9.83. The molecule has 0 aliphatic rings. The fourth-order valence-corrected chi connectivity index (χ4v) is 1.10. The van der Waals surface area contributed by atoms with E-state index in [4.69, 9.17) is 5.11 Å². The van der Waals surface area contributed by atoms with E-state index in [9.17, 15) is 14.9 Å². The van der Waals surface area contributed by atoms with E-state index in [2.05, 4.69) is 0 Å². The smallest absolute Gasteiger partial charge is 0.314 e. The normalized spacial score (nSPS) is 12.4. The Hall–Kier alpha value is -1.91. The zero-order valence-electron chi connectivity index (χ0n) is 9.83. The minimum atomic E-state index is -1.19. The highest BCUT2D eigenvalue weighted by molar-refractivity contribution is 5.69. The molecule has 0 amide bonds. The molecule has 0 saturated heterocycles. The summed E-state index contributed by atoms with van der Waals surface area (Å²) < 4.78 is 0. The summed E-state index contributed by atoms with van der Waals surface area (Å²) in [6, 6.07) is 0. The van der Waals surface area contributed by atoms with Gasteiger partial charge in [-0.15, -0.1) is 0 Å². The largest absolute Gasteiger partial charge is 0.481 e. The van der Waals surface area contributed by atoms with E-state index in [0.29, 0.717) is 6.42 Å². The number of hydrogen-bond donors (Lipinski definition) is 1. The van der Waals surface area contributed by atoms with Gasteiger partial charge < -0.3 is 5.11 Å². The highest BCUT2D eigenvalue weighted by atomic mass is 16.6. The van der Waals surface area contributed by atoms with Crippen molar-refractivity contribution in [2.24, 2.45) is 0 Å². The summed E-state index contributed by atoms with van der Waals surface area (Å²) in [5.74, 6) is -1.19. The van der Waals surface area contributed by atoms with Crippen LogP contribution < -0.4 is 0 Å². The molecular formula is C12H17NO4. The van der Waals surface area contributed by atoms with Crippen molar-refractivity contribution < 1.29 is 14.8 Å². The van der Waals surface area contributed by atoms with E-state index >= 15 is 0 Å². The highest BCUT2D eigenvalue weighted by Gasteiger charge is 2.13. The van der Waals surface area contributed by atoms with Crippen molar-refractivity contribution in [1.82, 2.24) is 0 Å². The van der Waals surface area contributed by atoms with Crippen molar-refractivity contribution in [2.45, 2.75) is 32.6 Å². The molecule has 0 rings (SSSR count). The van der Waals surface area contributed by atoms with E-state index in [1.165, 1.54) is 6.08 Å². The first-order valence-electron chi connectivity index (χ1n) is 5.43. The molecule has 17 heavy (non-hydrogen) atoms. The van der Waals surface area contributed by atoms with Crippen molar-refractivity contribution in [3.63, 3.8) is 0 Å². The summed E-state index contributed by atoms with van der Waals surface area (Å²) in [7, 11) is 0. The van der Waals surface area contributed by atoms with Crippen LogP contribution in [0.2, 0.25) is 0 Å². The Morgan fingerprint density at radius 2 is 1.82 bits per heavy atom. The molecule has 0 aromatic carbocycles. The van der Waals surface area contributed by atoms with Gasteiger partial charge in [-0.3, -0.25) is 14.9 Å². The van der Waals surface area contributed by atoms with Crippen LogP contribution >= 0.6 is 0 Å². The van der Waals surface area contributed by atoms with Crippen LogP contribution in [0.4, 0.5) is 0 Å². The van der Waals surface area contributed by atoms with Gasteiger partial charge in [0.2, 0.25) is 0 Å². The second-order valence-corrected chi connectivity index (χ2v) is 3.35. The average Bonchev–Trinajstić information content (AvgIpc) is 2.25. The molecule has 0 atom stereocenters. The van der Waals surface area contributed by atoms with Gasteiger partial charge in [-0.25, -0.2) is 0 Å². The topological polar surface area (TPSA) is 80.4 Å². The summed E-state index contributed by atoms with van der Waals surface area (Å²) >= 11 is 0. The predicted molar refractivity (Wildman–Crippen MR) is 65.1 cm³/mol. The van der Waals surface area contributed by atoms with Crippen LogP contribution in [-0.4, -0.2) is 16.0 Å². The summed E-state index contributed by atoms with van der Waals surface area (Å²) in [5, 5.41) is 18.9. The van der Waals surface area contributed by atoms with E-state index in [1.54, 1.807) is 6.08 Å². The predicted octanol–water partition coefficient (Wildman–Crippen LogP) is 2.92. The van der Waals surface area contributed by atoms with E-state index < -0.39 is 17.3 Å². The SMILES string of the molecule is CC/C=C\C/C=C\C/C=C(\CC(=O)O)[N+](=O)[O-]. The second kappa shape index (κ2) is 9.33. The Kier molecular flexibility index (Phi) is 8.28. The molecule has 0 spiro atoms. The molecule has 5 nitrogen and oxygen atoms in total. The van der Waals surface area contributed by atoms with Crippen LogP contribution in [0, 0.1) is 10.1 Å². The Morgan fingerprint density at radius 1 is 1.24 bits per heavy atom. The van der Waals surface area contributed by atoms with Gasteiger partial charge in [0, 0.05) is 0 Å². The molecule has 0 aliphatic heterocycles. The molecule has 0 radical (unpaired) electrons. The number of carboxylic acids is 1. The Labute approximate surface area is 100 Å². The third-order valence-electron chi connectivity index (χ3n) is 1.90. The second-order valence-electron chi connectivity index (χ2n) is 3.35. The fourth-order valence-electron chi connectivity index (χ4n) is 1.10. The third kappa shape index (κ3) is 9.04. The molecule has 0 heterocycles. The molecular weight excluding hydrogens is 222 g/mol. The fraction of sp³-hybridized carbons (Fsp3) is 0.417. The Bertz CT molecular complexity index is 342. The van der Waals surface area contributed by atoms with Crippen molar-refractivity contribution in [3.05, 3.63) is 46.2 Å². The zero-order chi connectivity index (χ0) is 13.1. The van der Waals surface area contributed by atoms with Gasteiger partial charge in [-0.2, -0.15) is 0 Å². The van der Waals surface area contributed by atoms with Crippen LogP contribution in [0.3, 0.4) is 0 Å². The molecule has 0 aromatic heterocycles. The van der Waals surface area contributed by atoms with Gasteiger partial charge in [0.15, 0.2) is 0 Å². The van der Waals surface area contributed by atoms with Crippen LogP contribution in [0.15, 0.2) is 36.1 Å². The molecule has 94 valence electrons. The molecule has 0 fully saturated rings. The van der Waals surface area contributed by atoms with Gasteiger partial charge in [0.05, 0.1) is 4.92 Å². The Morgan fingerprint density at radius 3 is 2.35 bits per heavy atom. The lowest BCUT2D eigenvalue weighted by molar-refractivity contribution is -0.427. The lowest BCUT2D eigenvalue weighted by Gasteiger charge is -1.93. The van der Waals surface area contributed by atoms with Crippen molar-refractivity contribution in [2.75, 3.05) is 0 Å². The maximum Gasteiger partial charge on any atom is 0.314 e. The van der Waals surface area contributed by atoms with Crippen molar-refractivity contribution in [3.8, 4) is 0 Å². The molecule has 5 heteroatoms. The van der Waals surface area contributed by atoms with Gasteiger partial charge in [-0.1, -0.05) is 31.2 Å². The molecule has 0 saturated carbocycles. The van der Waals surface area contributed by atoms with Gasteiger partial charge >= 0.3 is 5.97 Å². The maximum absolute atomic E-state index is 10.5. The van der Waals surface area contributed by atoms with Gasteiger partial charge in [0.25, 0.3) is 5.70 Å². The summed E-state index contributed by atoms with van der Waals surface area (Å²) in [5.41, 5.74) is -0.272. The van der Waals surface area contributed by atoms with Crippen molar-refractivity contribution >= 4 is 5.97 Å². The number of hydrogen-bond acceptors (Lipinski definition) is 3. The standard InChI is InChI=1S/C12H17NO4/c1-2-3-4-5-6-7-8-9-11(13(16)17)10-12(14)15/h3-4,6-7,9H,2,5,8,10H2,1H3,(H,14,15)/b4-3-,7-6-,11-9+. The van der Waals surface area contributed by atoms with E-state index in [-0.39, 0.29) is 5.70 Å². The van der Waals surface area contributed by atoms with Crippen LogP contribution in [0.5, 0.6) is 0 Å². The number of aliphatic carboxylic acids is 1. The molecule has 0 aliphatic carbocycles. The first-order chi connectivity index (χ1) is 8.07. The van der Waals surface area contributed by atoms with Crippen molar-refractivity contribution in [1.29, 1.82) is 0 Å². The van der Waals surface area contributed by atoms with Gasteiger partial charge in [-0.05, 0) is 25.3 Å². The molecule has 0 unspecified atom stereocenters. The third-order valence-corrected chi connectivity index (χ3v) is 1.90. The number of carboxylic acid groups (broad SMARTS) is 1. The van der Waals surface area contributed by atoms with Crippen LogP contribution in [0.25, 0.3) is 0 Å². The first-order valence-corrected chi connectivity index (χ1v) is 5.43. The summed E-state index contributed by atoms with van der Waals surface area (Å²) in [6.45, 7) is 2.04.